The van der Waals surface area contributed by atoms with E-state index in [9.17, 15) is 19.7 Å². The number of rotatable bonds is 7. The van der Waals surface area contributed by atoms with Crippen molar-refractivity contribution in [1.29, 1.82) is 0 Å². The molecule has 1 aliphatic rings. The summed E-state index contributed by atoms with van der Waals surface area (Å²) in [6, 6.07) is 14.1. The second-order valence-corrected chi connectivity index (χ2v) is 7.17. The summed E-state index contributed by atoms with van der Waals surface area (Å²) in [5.74, 6) is -0.390. The van der Waals surface area contributed by atoms with Crippen molar-refractivity contribution in [2.75, 3.05) is 5.32 Å². The molecule has 3 rings (SSSR count). The van der Waals surface area contributed by atoms with Gasteiger partial charge in [-0.1, -0.05) is 30.3 Å². The summed E-state index contributed by atoms with van der Waals surface area (Å²) >= 11 is 5.15. The van der Waals surface area contributed by atoms with Crippen molar-refractivity contribution in [3.05, 3.63) is 102 Å². The number of nitro benzene ring substituents is 1. The number of nitrogens with one attached hydrogen (secondary N) is 4. The van der Waals surface area contributed by atoms with Gasteiger partial charge in [0.1, 0.15) is 6.04 Å². The third-order valence-corrected chi connectivity index (χ3v) is 4.67. The Morgan fingerprint density at radius 1 is 0.969 bits per heavy atom. The van der Waals surface area contributed by atoms with Crippen molar-refractivity contribution in [3.8, 4) is 0 Å². The number of hydrogen-bond donors (Lipinski definition) is 4. The van der Waals surface area contributed by atoms with Gasteiger partial charge >= 0.3 is 0 Å². The van der Waals surface area contributed by atoms with Crippen molar-refractivity contribution in [2.24, 2.45) is 0 Å². The molecule has 2 aromatic rings. The van der Waals surface area contributed by atoms with Crippen LogP contribution in [0.2, 0.25) is 0 Å². The van der Waals surface area contributed by atoms with Gasteiger partial charge in [-0.25, -0.2) is 0 Å². The first-order valence-corrected chi connectivity index (χ1v) is 10.0. The molecule has 1 fully saturated rings. The number of non-ortho nitro benzene ring substituents is 1. The van der Waals surface area contributed by atoms with E-state index in [2.05, 4.69) is 21.5 Å². The molecule has 1 saturated carbocycles. The number of thiocarbonyl (C=S) groups is 1. The molecule has 4 N–H and O–H groups in total. The van der Waals surface area contributed by atoms with Gasteiger partial charge in [-0.3, -0.25) is 30.6 Å². The fourth-order valence-electron chi connectivity index (χ4n) is 2.86. The van der Waals surface area contributed by atoms with Crippen LogP contribution in [0, 0.1) is 41.7 Å². The van der Waals surface area contributed by atoms with E-state index >= 15 is 0 Å². The lowest BCUT2D eigenvalue weighted by molar-refractivity contribution is -0.384. The van der Waals surface area contributed by atoms with Crippen molar-refractivity contribution < 1.29 is 14.5 Å². The lowest BCUT2D eigenvalue weighted by atomic mass is 10.0. The van der Waals surface area contributed by atoms with Gasteiger partial charge in [-0.05, 0) is 55.6 Å². The highest BCUT2D eigenvalue weighted by Gasteiger charge is 2.29. The highest BCUT2D eigenvalue weighted by Crippen LogP contribution is 2.23. The van der Waals surface area contributed by atoms with Crippen LogP contribution in [-0.2, 0) is 16.0 Å². The number of hydrazine groups is 1. The smallest absolute Gasteiger partial charge is 0.269 e. The molecule has 0 heterocycles. The number of nitrogens with zero attached hydrogens (tertiary/aromatic N) is 1. The second kappa shape index (κ2) is 11.2. The molecule has 1 atom stereocenters. The molecule has 5 radical (unpaired) electrons. The molecule has 9 nitrogen and oxygen atoms in total. The number of hydrogen-bond acceptors (Lipinski definition) is 5. The molecule has 163 valence electrons. The molecular weight excluding hydrogens is 430 g/mol. The molecule has 0 spiro atoms. The van der Waals surface area contributed by atoms with Crippen LogP contribution >= 0.6 is 12.2 Å². The highest BCUT2D eigenvalue weighted by molar-refractivity contribution is 7.80. The lowest BCUT2D eigenvalue weighted by Gasteiger charge is -2.21. The first kappa shape index (κ1) is 23.1. The number of carbonyl (C=O) groups excluding carboxylic acids is 2. The van der Waals surface area contributed by atoms with E-state index < -0.39 is 16.9 Å². The van der Waals surface area contributed by atoms with Gasteiger partial charge in [0.05, 0.1) is 10.8 Å². The summed E-state index contributed by atoms with van der Waals surface area (Å²) in [5.41, 5.74) is 6.40. The zero-order valence-corrected chi connectivity index (χ0v) is 17.6. The van der Waals surface area contributed by atoms with Crippen molar-refractivity contribution in [2.45, 2.75) is 12.5 Å². The molecule has 0 bridgehead atoms. The van der Waals surface area contributed by atoms with Gasteiger partial charge < -0.3 is 10.6 Å². The maximum atomic E-state index is 12.8. The van der Waals surface area contributed by atoms with Crippen LogP contribution in [-0.4, -0.2) is 27.9 Å². The van der Waals surface area contributed by atoms with Crippen LogP contribution in [0.1, 0.15) is 5.56 Å². The Morgan fingerprint density at radius 2 is 1.62 bits per heavy atom. The van der Waals surface area contributed by atoms with E-state index in [1.54, 1.807) is 25.7 Å². The summed E-state index contributed by atoms with van der Waals surface area (Å²) in [5, 5.41) is 16.4. The van der Waals surface area contributed by atoms with Gasteiger partial charge in [0, 0.05) is 24.2 Å². The van der Waals surface area contributed by atoms with Gasteiger partial charge in [0.25, 0.3) is 11.6 Å². The number of amides is 2. The summed E-state index contributed by atoms with van der Waals surface area (Å²) in [6.45, 7) is 0. The van der Waals surface area contributed by atoms with Crippen LogP contribution in [0.25, 0.3) is 0 Å². The molecule has 0 saturated heterocycles. The third kappa shape index (κ3) is 6.74. The minimum atomic E-state index is -0.852. The second-order valence-electron chi connectivity index (χ2n) is 6.76. The average Bonchev–Trinajstić information content (AvgIpc) is 3.33. The zero-order chi connectivity index (χ0) is 22.9. The molecule has 0 aliphatic heterocycles. The molecular formula is C22H20N5O4S. The van der Waals surface area contributed by atoms with Gasteiger partial charge in [0.2, 0.25) is 5.91 Å². The van der Waals surface area contributed by atoms with Crippen LogP contribution in [0.3, 0.4) is 0 Å². The Hall–Kier alpha value is -3.53. The molecule has 32 heavy (non-hydrogen) atoms. The lowest BCUT2D eigenvalue weighted by Crippen LogP contribution is -2.54. The van der Waals surface area contributed by atoms with Crippen LogP contribution < -0.4 is 21.5 Å². The predicted molar refractivity (Wildman–Crippen MR) is 123 cm³/mol. The summed E-state index contributed by atoms with van der Waals surface area (Å²) in [6.07, 6.45) is 7.09. The summed E-state index contributed by atoms with van der Waals surface area (Å²) in [7, 11) is 0. The van der Waals surface area contributed by atoms with E-state index in [1.807, 2.05) is 30.3 Å². The topological polar surface area (TPSA) is 125 Å². The van der Waals surface area contributed by atoms with Gasteiger partial charge in [-0.2, -0.15) is 0 Å². The molecule has 2 amide bonds. The fourth-order valence-corrected chi connectivity index (χ4v) is 3.03. The first-order valence-electron chi connectivity index (χ1n) is 9.60. The number of anilines is 1. The molecule has 0 unspecified atom stereocenters. The monoisotopic (exact) mass is 450 g/mol. The fraction of sp³-hybridized carbons (Fsp3) is 0.0909. The first-order chi connectivity index (χ1) is 15.4. The standard InChI is InChI=1S/C22H20N5O4S/c28-20(16-8-4-5-9-16)24-19(14-15-6-2-1-3-7-15)21(29)25-26-22(32)23-17-10-12-18(13-11-17)27(30)31/h1-13,19H,14H2,(H,24,28)(H,25,29)(H2,23,26,32)/t19-/m0/s1. The van der Waals surface area contributed by atoms with E-state index in [0.717, 1.165) is 5.56 Å². The maximum Gasteiger partial charge on any atom is 0.269 e. The van der Waals surface area contributed by atoms with Crippen LogP contribution in [0.15, 0.2) is 54.6 Å². The van der Waals surface area contributed by atoms with Crippen molar-refractivity contribution in [1.82, 2.24) is 16.2 Å². The largest absolute Gasteiger partial charge is 0.343 e. The van der Waals surface area contributed by atoms with Crippen molar-refractivity contribution in [3.63, 3.8) is 0 Å². The van der Waals surface area contributed by atoms with E-state index in [1.165, 1.54) is 24.3 Å². The number of benzene rings is 2. The van der Waals surface area contributed by atoms with E-state index in [4.69, 9.17) is 12.2 Å². The van der Waals surface area contributed by atoms with Crippen LogP contribution in [0.4, 0.5) is 11.4 Å². The Bertz CT molecular complexity index is 962. The minimum Gasteiger partial charge on any atom is -0.343 e. The predicted octanol–water partition coefficient (Wildman–Crippen LogP) is 2.05. The van der Waals surface area contributed by atoms with Crippen LogP contribution in [0.5, 0.6) is 0 Å². The highest BCUT2D eigenvalue weighted by atomic mass is 32.1. The number of nitro groups is 1. The summed E-state index contributed by atoms with van der Waals surface area (Å²) in [4.78, 5) is 35.5. The van der Waals surface area contributed by atoms with Gasteiger partial charge in [0.15, 0.2) is 5.11 Å². The molecule has 10 heteroatoms. The SMILES string of the molecule is O=C(N[C@@H](Cc1ccccc1)C(=O)NNC(=S)Nc1ccc([N+](=O)[O-])cc1)[C]1[CH][CH][CH][CH]1. The Balaban J connectivity index is 1.57. The average molecular weight is 451 g/mol. The zero-order valence-electron chi connectivity index (χ0n) is 16.8. The quantitative estimate of drug-likeness (QED) is 0.289. The summed E-state index contributed by atoms with van der Waals surface area (Å²) < 4.78 is 0. The Kier molecular flexibility index (Phi) is 8.09. The molecule has 2 aromatic carbocycles. The van der Waals surface area contributed by atoms with E-state index in [-0.39, 0.29) is 23.1 Å². The maximum absolute atomic E-state index is 12.8. The molecule has 0 aromatic heterocycles. The number of carbonyl (C=O) groups is 2. The van der Waals surface area contributed by atoms with Crippen molar-refractivity contribution >= 4 is 40.5 Å². The van der Waals surface area contributed by atoms with Gasteiger partial charge in [-0.15, -0.1) is 0 Å². The van der Waals surface area contributed by atoms with E-state index in [0.29, 0.717) is 11.6 Å². The normalized spacial score (nSPS) is 14.2. The minimum absolute atomic E-state index is 0.0490. The third-order valence-electron chi connectivity index (χ3n) is 4.46. The Morgan fingerprint density at radius 3 is 2.25 bits per heavy atom. The molecule has 1 aliphatic carbocycles. The Labute approximate surface area is 191 Å².